The third kappa shape index (κ3) is 5.83. The van der Waals surface area contributed by atoms with Crippen LogP contribution in [0.15, 0.2) is 63.5 Å². The summed E-state index contributed by atoms with van der Waals surface area (Å²) in [4.78, 5) is 23.2. The molecule has 0 spiro atoms. The van der Waals surface area contributed by atoms with Crippen LogP contribution in [-0.4, -0.2) is 32.6 Å². The standard InChI is InChI=1S/C18H18N2O6S2/c1-4-25-18(21)17(27-15-9-7-14(8-10-15)20(22)23)19-26-28(3,24)16-11-5-13(2)6-12-16/h5-12H,3-4H2,1-2H3. The average Bonchev–Trinajstić information content (AvgIpc) is 2.66. The van der Waals surface area contributed by atoms with Crippen molar-refractivity contribution in [2.75, 3.05) is 6.61 Å². The van der Waals surface area contributed by atoms with Crippen LogP contribution in [0, 0.1) is 17.0 Å². The molecule has 0 heterocycles. The molecule has 28 heavy (non-hydrogen) atoms. The fraction of sp³-hybridized carbons (Fsp3) is 0.167. The van der Waals surface area contributed by atoms with Crippen LogP contribution in [0.2, 0.25) is 0 Å². The SMILES string of the molecule is C=S(=O)(ON=C(Sc1ccc([N+](=O)[O-])cc1)C(=O)OCC)c1ccc(C)cc1. The van der Waals surface area contributed by atoms with Crippen molar-refractivity contribution in [3.63, 3.8) is 0 Å². The second-order valence-electron chi connectivity index (χ2n) is 5.47. The molecule has 0 aliphatic rings. The molecular weight excluding hydrogens is 404 g/mol. The zero-order chi connectivity index (χ0) is 20.7. The largest absolute Gasteiger partial charge is 0.461 e. The summed E-state index contributed by atoms with van der Waals surface area (Å²) in [6, 6.07) is 12.2. The molecule has 0 amide bonds. The Morgan fingerprint density at radius 2 is 1.82 bits per heavy atom. The lowest BCUT2D eigenvalue weighted by Gasteiger charge is -2.09. The Balaban J connectivity index is 2.25. The minimum Gasteiger partial charge on any atom is -0.461 e. The van der Waals surface area contributed by atoms with Crippen molar-refractivity contribution in [2.24, 2.45) is 5.16 Å². The maximum atomic E-state index is 12.7. The predicted octanol–water partition coefficient (Wildman–Crippen LogP) is 3.58. The number of nitro groups is 1. The van der Waals surface area contributed by atoms with Crippen LogP contribution in [0.1, 0.15) is 12.5 Å². The van der Waals surface area contributed by atoms with Gasteiger partial charge in [0.15, 0.2) is 9.80 Å². The molecule has 1 unspecified atom stereocenters. The molecule has 10 heteroatoms. The van der Waals surface area contributed by atoms with Crippen LogP contribution in [0.5, 0.6) is 0 Å². The fourth-order valence-electron chi connectivity index (χ4n) is 1.92. The Hall–Kier alpha value is -2.85. The number of hydrogen-bond donors (Lipinski definition) is 0. The van der Waals surface area contributed by atoms with Crippen LogP contribution in [0.4, 0.5) is 5.69 Å². The molecule has 2 aromatic carbocycles. The summed E-state index contributed by atoms with van der Waals surface area (Å²) < 4.78 is 22.7. The van der Waals surface area contributed by atoms with E-state index < -0.39 is 20.7 Å². The van der Waals surface area contributed by atoms with Gasteiger partial charge < -0.3 is 4.74 Å². The molecule has 0 N–H and O–H groups in total. The molecule has 0 radical (unpaired) electrons. The Kier molecular flexibility index (Phi) is 7.18. The van der Waals surface area contributed by atoms with E-state index in [4.69, 9.17) is 9.02 Å². The Labute approximate surface area is 166 Å². The Bertz CT molecular complexity index is 984. The van der Waals surface area contributed by atoms with Gasteiger partial charge in [-0.15, -0.1) is 0 Å². The van der Waals surface area contributed by atoms with E-state index in [-0.39, 0.29) is 17.3 Å². The number of rotatable bonds is 6. The van der Waals surface area contributed by atoms with E-state index in [9.17, 15) is 19.1 Å². The molecule has 0 aliphatic heterocycles. The normalized spacial score (nSPS) is 13.4. The topological polar surface area (TPSA) is 108 Å². The average molecular weight is 422 g/mol. The van der Waals surface area contributed by atoms with Gasteiger partial charge in [0.25, 0.3) is 5.69 Å². The number of benzene rings is 2. The first-order valence-corrected chi connectivity index (χ1v) is 10.5. The molecule has 0 aliphatic carbocycles. The van der Waals surface area contributed by atoms with Crippen LogP contribution in [0.3, 0.4) is 0 Å². The number of aryl methyl sites for hydroxylation is 1. The van der Waals surface area contributed by atoms with Gasteiger partial charge in [0.1, 0.15) is 0 Å². The number of non-ortho nitro benzene ring substituents is 1. The van der Waals surface area contributed by atoms with Gasteiger partial charge in [-0.25, -0.2) is 9.00 Å². The first-order valence-electron chi connectivity index (χ1n) is 8.03. The lowest BCUT2D eigenvalue weighted by molar-refractivity contribution is -0.384. The van der Waals surface area contributed by atoms with E-state index in [1.165, 1.54) is 24.3 Å². The van der Waals surface area contributed by atoms with Crippen LogP contribution >= 0.6 is 11.8 Å². The van der Waals surface area contributed by atoms with Crippen molar-refractivity contribution in [2.45, 2.75) is 23.6 Å². The van der Waals surface area contributed by atoms with E-state index in [0.717, 1.165) is 17.3 Å². The number of carbonyl (C=O) groups is 1. The fourth-order valence-corrected chi connectivity index (χ4v) is 3.51. The molecule has 0 saturated carbocycles. The maximum absolute atomic E-state index is 12.7. The van der Waals surface area contributed by atoms with E-state index in [1.54, 1.807) is 31.2 Å². The summed E-state index contributed by atoms with van der Waals surface area (Å²) in [5.74, 6) is 2.77. The van der Waals surface area contributed by atoms with Gasteiger partial charge in [0, 0.05) is 17.0 Å². The number of hydrogen-bond acceptors (Lipinski definition) is 8. The molecule has 1 atom stereocenters. The maximum Gasteiger partial charge on any atom is 0.367 e. The monoisotopic (exact) mass is 422 g/mol. The molecule has 0 saturated heterocycles. The molecule has 148 valence electrons. The lowest BCUT2D eigenvalue weighted by Crippen LogP contribution is -2.16. The third-order valence-corrected chi connectivity index (χ3v) is 5.58. The first kappa shape index (κ1) is 21.5. The number of ether oxygens (including phenoxy) is 1. The van der Waals surface area contributed by atoms with E-state index in [2.05, 4.69) is 11.0 Å². The number of esters is 1. The zero-order valence-corrected chi connectivity index (χ0v) is 16.8. The summed E-state index contributed by atoms with van der Waals surface area (Å²) in [6.45, 7) is 3.62. The van der Waals surface area contributed by atoms with Crippen molar-refractivity contribution < 1.29 is 22.9 Å². The molecule has 8 nitrogen and oxygen atoms in total. The molecule has 0 fully saturated rings. The van der Waals surface area contributed by atoms with Crippen molar-refractivity contribution in [1.82, 2.24) is 0 Å². The minimum atomic E-state index is -3.23. The number of oxime groups is 1. The summed E-state index contributed by atoms with van der Waals surface area (Å²) in [6.07, 6.45) is 0. The highest BCUT2D eigenvalue weighted by Gasteiger charge is 2.18. The third-order valence-electron chi connectivity index (χ3n) is 3.33. The van der Waals surface area contributed by atoms with Gasteiger partial charge in [-0.2, -0.15) is 0 Å². The van der Waals surface area contributed by atoms with Gasteiger partial charge in [-0.05, 0) is 44.0 Å². The van der Waals surface area contributed by atoms with Gasteiger partial charge in [0.2, 0.25) is 5.04 Å². The van der Waals surface area contributed by atoms with Crippen molar-refractivity contribution in [1.29, 1.82) is 0 Å². The summed E-state index contributed by atoms with van der Waals surface area (Å²) >= 11 is 0.870. The van der Waals surface area contributed by atoms with E-state index >= 15 is 0 Å². The predicted molar refractivity (Wildman–Crippen MR) is 109 cm³/mol. The highest BCUT2D eigenvalue weighted by Crippen LogP contribution is 2.24. The number of carbonyl (C=O) groups excluding carboxylic acids is 1. The highest BCUT2D eigenvalue weighted by molar-refractivity contribution is 8.15. The Morgan fingerprint density at radius 3 is 2.36 bits per heavy atom. The van der Waals surface area contributed by atoms with Crippen molar-refractivity contribution in [3.8, 4) is 0 Å². The van der Waals surface area contributed by atoms with E-state index in [0.29, 0.717) is 9.79 Å². The number of nitro benzene ring substituents is 1. The van der Waals surface area contributed by atoms with Crippen LogP contribution in [0.25, 0.3) is 0 Å². The van der Waals surface area contributed by atoms with Gasteiger partial charge >= 0.3 is 5.97 Å². The summed E-state index contributed by atoms with van der Waals surface area (Å²) in [5.41, 5.74) is 0.888. The van der Waals surface area contributed by atoms with Crippen LogP contribution in [-0.2, 0) is 23.6 Å². The first-order chi connectivity index (χ1) is 13.2. The molecule has 2 aromatic rings. The van der Waals surface area contributed by atoms with Gasteiger partial charge in [0.05, 0.1) is 16.4 Å². The lowest BCUT2D eigenvalue weighted by atomic mass is 10.2. The van der Waals surface area contributed by atoms with Gasteiger partial charge in [-0.1, -0.05) is 34.6 Å². The smallest absolute Gasteiger partial charge is 0.367 e. The second-order valence-corrected chi connectivity index (χ2v) is 8.38. The van der Waals surface area contributed by atoms with E-state index in [1.807, 2.05) is 6.92 Å². The molecule has 0 bridgehead atoms. The van der Waals surface area contributed by atoms with Crippen molar-refractivity contribution >= 4 is 44.1 Å². The van der Waals surface area contributed by atoms with Gasteiger partial charge in [-0.3, -0.25) is 14.4 Å². The summed E-state index contributed by atoms with van der Waals surface area (Å²) in [7, 11) is -3.23. The molecule has 2 rings (SSSR count). The molecular formula is C18H18N2O6S2. The minimum absolute atomic E-state index is 0.0876. The second kappa shape index (κ2) is 9.38. The highest BCUT2D eigenvalue weighted by atomic mass is 32.2. The summed E-state index contributed by atoms with van der Waals surface area (Å²) in [5, 5.41) is 14.2. The zero-order valence-electron chi connectivity index (χ0n) is 15.2. The number of nitrogens with zero attached hydrogens (tertiary/aromatic N) is 2. The molecule has 0 aromatic heterocycles. The quantitative estimate of drug-likeness (QED) is 0.133. The Morgan fingerprint density at radius 1 is 1.21 bits per heavy atom. The van der Waals surface area contributed by atoms with Crippen molar-refractivity contribution in [3.05, 3.63) is 64.2 Å². The number of thioether (sulfide) groups is 1. The van der Waals surface area contributed by atoms with Crippen LogP contribution < -0.4 is 0 Å².